The molecule has 1 fully saturated rings. The molecule has 1 saturated heterocycles. The maximum Gasteiger partial charge on any atom is 0.243 e. The van der Waals surface area contributed by atoms with Crippen LogP contribution in [0.3, 0.4) is 0 Å². The minimum Gasteiger partial charge on any atom is -0.383 e. The number of hydrogen-bond acceptors (Lipinski definition) is 4. The Balaban J connectivity index is 2.18. The van der Waals surface area contributed by atoms with Crippen molar-refractivity contribution < 1.29 is 13.2 Å². The van der Waals surface area contributed by atoms with Crippen LogP contribution in [0.2, 0.25) is 10.0 Å². The summed E-state index contributed by atoms with van der Waals surface area (Å²) >= 11 is 11.9. The third-order valence-electron chi connectivity index (χ3n) is 3.54. The topological polar surface area (TPSA) is 67.4 Å². The summed E-state index contributed by atoms with van der Waals surface area (Å²) in [6.07, 6.45) is 1.83. The molecule has 1 aliphatic rings. The number of nitrogens with one attached hydrogen (secondary N) is 2. The monoisotopic (exact) mass is 352 g/mol. The number of hydrogen-bond donors (Lipinski definition) is 2. The maximum atomic E-state index is 12.4. The van der Waals surface area contributed by atoms with E-state index in [4.69, 9.17) is 27.9 Å². The largest absolute Gasteiger partial charge is 0.383 e. The van der Waals surface area contributed by atoms with Crippen molar-refractivity contribution in [2.45, 2.75) is 23.3 Å². The normalized spacial score (nSPS) is 22.6. The van der Waals surface area contributed by atoms with Crippen molar-refractivity contribution in [3.05, 3.63) is 28.2 Å². The molecule has 0 spiro atoms. The summed E-state index contributed by atoms with van der Waals surface area (Å²) in [6, 6.07) is 4.61. The molecule has 118 valence electrons. The van der Waals surface area contributed by atoms with Crippen LogP contribution in [0.5, 0.6) is 0 Å². The van der Waals surface area contributed by atoms with Gasteiger partial charge in [0.1, 0.15) is 4.90 Å². The van der Waals surface area contributed by atoms with Crippen molar-refractivity contribution in [1.29, 1.82) is 0 Å². The Morgan fingerprint density at radius 2 is 2.05 bits per heavy atom. The Labute approximate surface area is 135 Å². The Morgan fingerprint density at radius 1 is 1.38 bits per heavy atom. The number of sulfonamides is 1. The Kier molecular flexibility index (Phi) is 5.51. The van der Waals surface area contributed by atoms with Crippen molar-refractivity contribution in [1.82, 2.24) is 10.0 Å². The van der Waals surface area contributed by atoms with Crippen LogP contribution in [-0.2, 0) is 14.8 Å². The zero-order chi connectivity index (χ0) is 15.5. The number of rotatable bonds is 6. The molecule has 0 aromatic heterocycles. The lowest BCUT2D eigenvalue weighted by molar-refractivity contribution is 0.122. The molecule has 0 aliphatic carbocycles. The molecule has 2 rings (SSSR count). The standard InChI is InChI=1S/C13H18Cl2N2O3S/c1-20-9-13(6-3-7-16-13)8-17-21(18,19)12-10(14)4-2-5-11(12)15/h2,4-5,16-17H,3,6-9H2,1H3. The van der Waals surface area contributed by atoms with Gasteiger partial charge in [0.2, 0.25) is 10.0 Å². The van der Waals surface area contributed by atoms with Gasteiger partial charge in [0.05, 0.1) is 22.2 Å². The van der Waals surface area contributed by atoms with Gasteiger partial charge in [-0.25, -0.2) is 13.1 Å². The first-order chi connectivity index (χ1) is 9.90. The SMILES string of the molecule is COCC1(CNS(=O)(=O)c2c(Cl)cccc2Cl)CCCN1. The van der Waals surface area contributed by atoms with E-state index in [0.29, 0.717) is 6.61 Å². The van der Waals surface area contributed by atoms with E-state index < -0.39 is 10.0 Å². The third kappa shape index (κ3) is 3.88. The smallest absolute Gasteiger partial charge is 0.243 e. The van der Waals surface area contributed by atoms with E-state index in [2.05, 4.69) is 10.0 Å². The molecule has 8 heteroatoms. The zero-order valence-corrected chi connectivity index (χ0v) is 14.0. The summed E-state index contributed by atoms with van der Waals surface area (Å²) in [5.41, 5.74) is -0.379. The van der Waals surface area contributed by atoms with Crippen LogP contribution in [0.1, 0.15) is 12.8 Å². The van der Waals surface area contributed by atoms with Crippen molar-refractivity contribution in [2.75, 3.05) is 26.8 Å². The van der Waals surface area contributed by atoms with Gasteiger partial charge in [-0.15, -0.1) is 0 Å². The van der Waals surface area contributed by atoms with Crippen LogP contribution < -0.4 is 10.0 Å². The van der Waals surface area contributed by atoms with Gasteiger partial charge in [-0.1, -0.05) is 29.3 Å². The predicted molar refractivity (Wildman–Crippen MR) is 83.5 cm³/mol. The highest BCUT2D eigenvalue weighted by Gasteiger charge is 2.35. The molecule has 2 N–H and O–H groups in total. The lowest BCUT2D eigenvalue weighted by Crippen LogP contribution is -2.52. The molecule has 0 saturated carbocycles. The molecule has 1 atom stereocenters. The van der Waals surface area contributed by atoms with Crippen molar-refractivity contribution in [3.63, 3.8) is 0 Å². The van der Waals surface area contributed by atoms with E-state index in [-0.39, 0.29) is 27.0 Å². The lowest BCUT2D eigenvalue weighted by atomic mass is 9.99. The summed E-state index contributed by atoms with van der Waals surface area (Å²) < 4.78 is 32.6. The average molecular weight is 353 g/mol. The van der Waals surface area contributed by atoms with Gasteiger partial charge in [-0.3, -0.25) is 0 Å². The molecular weight excluding hydrogens is 335 g/mol. The minimum absolute atomic E-state index is 0.0844. The molecule has 1 aromatic rings. The first-order valence-corrected chi connectivity index (χ1v) is 8.82. The fourth-order valence-corrected chi connectivity index (χ4v) is 4.78. The van der Waals surface area contributed by atoms with Crippen LogP contribution >= 0.6 is 23.2 Å². The quantitative estimate of drug-likeness (QED) is 0.821. The Hall–Kier alpha value is -0.370. The van der Waals surface area contributed by atoms with E-state index in [1.807, 2.05) is 0 Å². The van der Waals surface area contributed by atoms with E-state index in [9.17, 15) is 8.42 Å². The van der Waals surface area contributed by atoms with E-state index in [1.165, 1.54) is 12.1 Å². The average Bonchev–Trinajstić information content (AvgIpc) is 2.86. The Morgan fingerprint density at radius 3 is 2.57 bits per heavy atom. The van der Waals surface area contributed by atoms with E-state index in [1.54, 1.807) is 13.2 Å². The second-order valence-corrected chi connectivity index (χ2v) is 7.64. The van der Waals surface area contributed by atoms with Gasteiger partial charge in [0.15, 0.2) is 0 Å². The van der Waals surface area contributed by atoms with Crippen molar-refractivity contribution >= 4 is 33.2 Å². The second-order valence-electron chi connectivity index (χ2n) is 5.12. The fourth-order valence-electron chi connectivity index (χ4n) is 2.51. The summed E-state index contributed by atoms with van der Waals surface area (Å²) in [5, 5.41) is 3.52. The Bertz CT molecular complexity index is 581. The van der Waals surface area contributed by atoms with Gasteiger partial charge in [-0.2, -0.15) is 0 Å². The summed E-state index contributed by atoms with van der Waals surface area (Å²) in [7, 11) is -2.18. The molecular formula is C13H18Cl2N2O3S. The van der Waals surface area contributed by atoms with Gasteiger partial charge >= 0.3 is 0 Å². The third-order valence-corrected chi connectivity index (χ3v) is 5.90. The molecule has 1 aromatic carbocycles. The maximum absolute atomic E-state index is 12.4. The highest BCUT2D eigenvalue weighted by molar-refractivity contribution is 7.89. The molecule has 0 amide bonds. The van der Waals surface area contributed by atoms with Crippen LogP contribution in [0.4, 0.5) is 0 Å². The highest BCUT2D eigenvalue weighted by atomic mass is 35.5. The molecule has 0 bridgehead atoms. The van der Waals surface area contributed by atoms with Crippen LogP contribution in [-0.4, -0.2) is 40.8 Å². The summed E-state index contributed by atoms with van der Waals surface area (Å²) in [4.78, 5) is -0.0844. The highest BCUT2D eigenvalue weighted by Crippen LogP contribution is 2.29. The van der Waals surface area contributed by atoms with Gasteiger partial charge < -0.3 is 10.1 Å². The zero-order valence-electron chi connectivity index (χ0n) is 11.7. The van der Waals surface area contributed by atoms with E-state index >= 15 is 0 Å². The number of methoxy groups -OCH3 is 1. The number of ether oxygens (including phenoxy) is 1. The lowest BCUT2D eigenvalue weighted by Gasteiger charge is -2.29. The fraction of sp³-hybridized carbons (Fsp3) is 0.538. The first-order valence-electron chi connectivity index (χ1n) is 6.58. The molecule has 5 nitrogen and oxygen atoms in total. The molecule has 1 heterocycles. The van der Waals surface area contributed by atoms with Gasteiger partial charge in [-0.05, 0) is 31.5 Å². The van der Waals surface area contributed by atoms with Crippen molar-refractivity contribution in [3.8, 4) is 0 Å². The summed E-state index contributed by atoms with van der Waals surface area (Å²) in [6.45, 7) is 1.51. The van der Waals surface area contributed by atoms with Gasteiger partial charge in [0, 0.05) is 13.7 Å². The molecule has 0 radical (unpaired) electrons. The van der Waals surface area contributed by atoms with E-state index in [0.717, 1.165) is 19.4 Å². The minimum atomic E-state index is -3.77. The number of benzene rings is 1. The van der Waals surface area contributed by atoms with Crippen LogP contribution in [0.25, 0.3) is 0 Å². The second kappa shape index (κ2) is 6.81. The van der Waals surface area contributed by atoms with Crippen molar-refractivity contribution in [2.24, 2.45) is 0 Å². The summed E-state index contributed by atoms with van der Waals surface area (Å²) in [5.74, 6) is 0. The van der Waals surface area contributed by atoms with Crippen LogP contribution in [0.15, 0.2) is 23.1 Å². The molecule has 1 unspecified atom stereocenters. The first kappa shape index (κ1) is 17.0. The predicted octanol–water partition coefficient (Wildman–Crippen LogP) is 2.04. The van der Waals surface area contributed by atoms with Crippen LogP contribution in [0, 0.1) is 0 Å². The van der Waals surface area contributed by atoms with Gasteiger partial charge in [0.25, 0.3) is 0 Å². The molecule has 21 heavy (non-hydrogen) atoms. The molecule has 1 aliphatic heterocycles. The number of halogens is 2.